The zero-order valence-corrected chi connectivity index (χ0v) is 32.5. The molecule has 0 aliphatic carbocycles. The third-order valence-electron chi connectivity index (χ3n) is 11.2. The van der Waals surface area contributed by atoms with E-state index in [1.807, 2.05) is 66.6 Å². The van der Waals surface area contributed by atoms with Crippen LogP contribution in [0.5, 0.6) is 0 Å². The average molecular weight is 728 g/mol. The van der Waals surface area contributed by atoms with Crippen LogP contribution in [0.4, 0.5) is 15.5 Å². The van der Waals surface area contributed by atoms with Crippen LogP contribution in [0.3, 0.4) is 0 Å². The SMILES string of the molecule is CC(C)=CCC/C(C)=C/CN1C(=O)[C@]2(O[C@H](CCn3cc(C(CO)c4ccccc4)nn3)[C@@H]([Si](C)(C)F)[C@@H]2C)c2cc(N3CCCCC3=O)ccc21. The highest BCUT2D eigenvalue weighted by Gasteiger charge is 2.66. The van der Waals surface area contributed by atoms with Crippen LogP contribution in [0.2, 0.25) is 18.6 Å². The number of hydrogen-bond donors (Lipinski definition) is 1. The van der Waals surface area contributed by atoms with E-state index < -0.39 is 31.6 Å². The summed E-state index contributed by atoms with van der Waals surface area (Å²) in [6, 6.07) is 15.6. The van der Waals surface area contributed by atoms with Gasteiger partial charge in [-0.1, -0.05) is 65.8 Å². The number of anilines is 2. The summed E-state index contributed by atoms with van der Waals surface area (Å²) in [5.41, 5.74) is 4.46. The molecule has 9 nitrogen and oxygen atoms in total. The Morgan fingerprint density at radius 2 is 1.88 bits per heavy atom. The Morgan fingerprint density at radius 3 is 2.58 bits per heavy atom. The van der Waals surface area contributed by atoms with Gasteiger partial charge in [0.1, 0.15) is 0 Å². The first-order valence-corrected chi connectivity index (χ1v) is 21.8. The minimum absolute atomic E-state index is 0.0766. The van der Waals surface area contributed by atoms with E-state index in [0.29, 0.717) is 38.2 Å². The van der Waals surface area contributed by atoms with Crippen LogP contribution in [0.15, 0.2) is 78.0 Å². The van der Waals surface area contributed by atoms with Crippen LogP contribution in [0.25, 0.3) is 0 Å². The van der Waals surface area contributed by atoms with Gasteiger partial charge in [-0.25, -0.2) is 0 Å². The second-order valence-corrected chi connectivity index (χ2v) is 19.4. The van der Waals surface area contributed by atoms with Crippen LogP contribution in [0, 0.1) is 5.92 Å². The van der Waals surface area contributed by atoms with Crippen molar-refractivity contribution in [3.63, 3.8) is 0 Å². The van der Waals surface area contributed by atoms with E-state index >= 15 is 4.11 Å². The van der Waals surface area contributed by atoms with Gasteiger partial charge < -0.3 is 23.8 Å². The Morgan fingerprint density at radius 1 is 1.12 bits per heavy atom. The fourth-order valence-electron chi connectivity index (χ4n) is 8.57. The number of piperidine rings is 1. The molecule has 5 atom stereocenters. The molecule has 3 aromatic rings. The first-order chi connectivity index (χ1) is 24.8. The largest absolute Gasteiger partial charge is 0.395 e. The summed E-state index contributed by atoms with van der Waals surface area (Å²) in [5.74, 6) is -0.852. The van der Waals surface area contributed by atoms with Crippen LogP contribution in [-0.4, -0.2) is 66.1 Å². The molecule has 2 aromatic carbocycles. The number of aromatic nitrogens is 3. The smallest absolute Gasteiger partial charge is 0.264 e. The number of rotatable bonds is 13. The molecule has 3 aliphatic heterocycles. The molecule has 1 aromatic heterocycles. The molecule has 1 N–H and O–H groups in total. The number of aryl methyl sites for hydroxylation is 1. The van der Waals surface area contributed by atoms with Crippen molar-refractivity contribution in [3.05, 3.63) is 94.8 Å². The maximum absolute atomic E-state index is 16.6. The van der Waals surface area contributed by atoms with Gasteiger partial charge in [-0.3, -0.25) is 14.3 Å². The number of aliphatic hydroxyl groups is 1. The summed E-state index contributed by atoms with van der Waals surface area (Å²) in [4.78, 5) is 31.6. The van der Waals surface area contributed by atoms with Crippen molar-refractivity contribution in [1.29, 1.82) is 0 Å². The van der Waals surface area contributed by atoms with E-state index in [2.05, 4.69) is 43.2 Å². The molecule has 0 saturated carbocycles. The van der Waals surface area contributed by atoms with Crippen LogP contribution in [-0.2, 0) is 26.5 Å². The van der Waals surface area contributed by atoms with Gasteiger partial charge >= 0.3 is 0 Å². The molecular formula is C41H54FN5O4Si. The highest BCUT2D eigenvalue weighted by Crippen LogP contribution is 2.60. The van der Waals surface area contributed by atoms with Gasteiger partial charge in [0.15, 0.2) is 5.60 Å². The van der Waals surface area contributed by atoms with Gasteiger partial charge in [-0.15, -0.1) is 5.10 Å². The summed E-state index contributed by atoms with van der Waals surface area (Å²) >= 11 is 0. The molecule has 11 heteroatoms. The Bertz CT molecular complexity index is 1820. The van der Waals surface area contributed by atoms with Gasteiger partial charge in [-0.05, 0) is 89.7 Å². The Hall–Kier alpha value is -3.93. The molecule has 2 fully saturated rings. The maximum Gasteiger partial charge on any atom is 0.264 e. The topological polar surface area (TPSA) is 101 Å². The normalized spacial score (nSPS) is 24.2. The highest BCUT2D eigenvalue weighted by molar-refractivity contribution is 6.72. The van der Waals surface area contributed by atoms with Crippen molar-refractivity contribution >= 4 is 31.6 Å². The van der Waals surface area contributed by atoms with Crippen LogP contribution in [0.1, 0.15) is 89.0 Å². The molecule has 0 bridgehead atoms. The lowest BCUT2D eigenvalue weighted by Crippen LogP contribution is -2.45. The second kappa shape index (κ2) is 15.6. The fraction of sp³-hybridized carbons (Fsp3) is 0.512. The number of aliphatic hydroxyl groups excluding tert-OH is 1. The molecule has 0 radical (unpaired) electrons. The second-order valence-electron chi connectivity index (χ2n) is 15.6. The van der Waals surface area contributed by atoms with Crippen molar-refractivity contribution in [2.24, 2.45) is 5.92 Å². The lowest BCUT2D eigenvalue weighted by Gasteiger charge is -2.32. The molecule has 2 saturated heterocycles. The number of halogens is 1. The number of benzene rings is 2. The molecule has 6 rings (SSSR count). The van der Waals surface area contributed by atoms with E-state index in [-0.39, 0.29) is 24.3 Å². The summed E-state index contributed by atoms with van der Waals surface area (Å²) in [6.45, 7) is 13.0. The van der Waals surface area contributed by atoms with Crippen LogP contribution < -0.4 is 9.80 Å². The number of fused-ring (bicyclic) bond motifs is 2. The highest BCUT2D eigenvalue weighted by atomic mass is 28.4. The van der Waals surface area contributed by atoms with Gasteiger partial charge in [0.2, 0.25) is 14.3 Å². The number of ether oxygens (including phenoxy) is 1. The van der Waals surface area contributed by atoms with Crippen molar-refractivity contribution in [1.82, 2.24) is 15.0 Å². The van der Waals surface area contributed by atoms with Crippen molar-refractivity contribution < 1.29 is 23.5 Å². The minimum Gasteiger partial charge on any atom is -0.395 e. The standard InChI is InChI=1S/C41H54FN5O4Si/c1-28(2)13-12-14-29(3)20-24-47-36-19-18-32(46-22-11-10-17-38(46)49)25-34(36)41(40(47)50)30(4)39(52(5,6)42)37(51-41)21-23-45-26-35(43-44-45)33(27-48)31-15-8-7-9-16-31/h7-9,13,15-16,18-20,25-26,30,33,37,39,48H,10-12,14,17,21-24,27H2,1-6H3/b29-20+/t30-,33?,37+,39-,41+/m0/s1. The number of nitrogens with zero attached hydrogens (tertiary/aromatic N) is 5. The fourth-order valence-corrected chi connectivity index (χ4v) is 11.1. The number of carbonyl (C=O) groups is 2. The van der Waals surface area contributed by atoms with Crippen LogP contribution >= 0.6 is 0 Å². The van der Waals surface area contributed by atoms with E-state index in [9.17, 15) is 14.7 Å². The summed E-state index contributed by atoms with van der Waals surface area (Å²) < 4.78 is 25.3. The maximum atomic E-state index is 16.6. The Labute approximate surface area is 308 Å². The lowest BCUT2D eigenvalue weighted by atomic mass is 9.82. The predicted molar refractivity (Wildman–Crippen MR) is 205 cm³/mol. The summed E-state index contributed by atoms with van der Waals surface area (Å²) in [7, 11) is -3.39. The molecule has 1 spiro atoms. The van der Waals surface area contributed by atoms with Crippen molar-refractivity contribution in [2.45, 2.75) is 109 Å². The molecule has 4 heterocycles. The minimum atomic E-state index is -3.39. The average Bonchev–Trinajstić information content (AvgIpc) is 3.76. The zero-order chi connectivity index (χ0) is 37.2. The first-order valence-electron chi connectivity index (χ1n) is 18.8. The van der Waals surface area contributed by atoms with E-state index in [0.717, 1.165) is 48.2 Å². The molecule has 1 unspecified atom stereocenters. The summed E-state index contributed by atoms with van der Waals surface area (Å²) in [5, 5.41) is 18.9. The van der Waals surface area contributed by atoms with Gasteiger partial charge in [0.05, 0.1) is 30.0 Å². The van der Waals surface area contributed by atoms with E-state index in [1.165, 1.54) is 11.1 Å². The number of allylic oxidation sites excluding steroid dienone is 3. The Kier molecular flexibility index (Phi) is 11.3. The van der Waals surface area contributed by atoms with Gasteiger partial charge in [0, 0.05) is 55.0 Å². The number of hydrogen-bond acceptors (Lipinski definition) is 6. The van der Waals surface area contributed by atoms with Gasteiger partial charge in [-0.2, -0.15) is 0 Å². The number of amides is 2. The molecule has 52 heavy (non-hydrogen) atoms. The Balaban J connectivity index is 1.32. The lowest BCUT2D eigenvalue weighted by molar-refractivity contribution is -0.145. The third kappa shape index (κ3) is 7.45. The first kappa shape index (κ1) is 37.8. The zero-order valence-electron chi connectivity index (χ0n) is 31.5. The van der Waals surface area contributed by atoms with Crippen molar-refractivity contribution in [2.75, 3.05) is 29.5 Å². The molecule has 2 amide bonds. The number of carbonyl (C=O) groups excluding carboxylic acids is 2. The van der Waals surface area contributed by atoms with Crippen molar-refractivity contribution in [3.8, 4) is 0 Å². The monoisotopic (exact) mass is 727 g/mol. The predicted octanol–water partition coefficient (Wildman–Crippen LogP) is 7.82. The molecule has 3 aliphatic rings. The van der Waals surface area contributed by atoms with E-state index in [1.54, 1.807) is 22.7 Å². The molecular weight excluding hydrogens is 674 g/mol. The molecule has 278 valence electrons. The van der Waals surface area contributed by atoms with Gasteiger partial charge in [0.25, 0.3) is 5.91 Å². The summed E-state index contributed by atoms with van der Waals surface area (Å²) in [6.07, 6.45) is 10.2. The quantitative estimate of drug-likeness (QED) is 0.110. The van der Waals surface area contributed by atoms with E-state index in [4.69, 9.17) is 4.74 Å². The third-order valence-corrected chi connectivity index (χ3v) is 13.7.